The molecule has 1 N–H and O–H groups in total. The zero-order chi connectivity index (χ0) is 8.27. The minimum Gasteiger partial charge on any atom is -0.392 e. The predicted molar refractivity (Wildman–Crippen MR) is 53.1 cm³/mol. The Morgan fingerprint density at radius 1 is 1.45 bits per heavy atom. The lowest BCUT2D eigenvalue weighted by Crippen LogP contribution is -1.95. The lowest BCUT2D eigenvalue weighted by atomic mass is 10.1. The van der Waals surface area contributed by atoms with Crippen molar-refractivity contribution in [2.75, 3.05) is 0 Å². The number of thiol groups is 1. The third-order valence-corrected chi connectivity index (χ3v) is 1.88. The van der Waals surface area contributed by atoms with Gasteiger partial charge in [0.25, 0.3) is 0 Å². The van der Waals surface area contributed by atoms with E-state index in [1.165, 1.54) is 0 Å². The van der Waals surface area contributed by atoms with Gasteiger partial charge in [0, 0.05) is 5.56 Å². The summed E-state index contributed by atoms with van der Waals surface area (Å²) in [6.07, 6.45) is 0. The topological polar surface area (TPSA) is 20.2 Å². The van der Waals surface area contributed by atoms with Gasteiger partial charge in [-0.3, -0.25) is 0 Å². The van der Waals surface area contributed by atoms with Gasteiger partial charge in [-0.15, -0.1) is 12.6 Å². The van der Waals surface area contributed by atoms with Crippen LogP contribution in [-0.2, 0) is 6.61 Å². The summed E-state index contributed by atoms with van der Waals surface area (Å²) in [6.45, 7) is 0.0108. The molecule has 0 aliphatic rings. The Labute approximate surface area is 76.5 Å². The third kappa shape index (κ3) is 2.02. The zero-order valence-corrected chi connectivity index (χ0v) is 7.53. The van der Waals surface area contributed by atoms with Crippen LogP contribution in [0.5, 0.6) is 0 Å². The fourth-order valence-electron chi connectivity index (χ4n) is 0.867. The van der Waals surface area contributed by atoms with E-state index in [0.29, 0.717) is 4.20 Å². The molecule has 0 heterocycles. The second-order valence-electron chi connectivity index (χ2n) is 2.12. The van der Waals surface area contributed by atoms with Crippen LogP contribution in [0.25, 0.3) is 0 Å². The summed E-state index contributed by atoms with van der Waals surface area (Å²) >= 11 is 8.90. The van der Waals surface area contributed by atoms with Gasteiger partial charge < -0.3 is 5.11 Å². The van der Waals surface area contributed by atoms with Crippen molar-refractivity contribution >= 4 is 29.0 Å². The molecule has 3 heteroatoms. The molecule has 1 rings (SSSR count). The number of benzene rings is 1. The number of aliphatic hydroxyl groups excluding tert-OH is 1. The Balaban J connectivity index is 3.12. The Morgan fingerprint density at radius 2 is 2.09 bits per heavy atom. The molecular formula is C8H8OS2. The van der Waals surface area contributed by atoms with E-state index >= 15 is 0 Å². The largest absolute Gasteiger partial charge is 0.392 e. The molecule has 0 saturated heterocycles. The second kappa shape index (κ2) is 3.85. The molecule has 0 unspecified atom stereocenters. The summed E-state index contributed by atoms with van der Waals surface area (Å²) in [5, 5.41) is 8.87. The molecule has 0 aliphatic heterocycles. The predicted octanol–water partition coefficient (Wildman–Crippen LogP) is 1.78. The summed E-state index contributed by atoms with van der Waals surface area (Å²) in [5.74, 6) is 0. The first-order valence-electron chi connectivity index (χ1n) is 3.17. The Morgan fingerprint density at radius 3 is 2.55 bits per heavy atom. The van der Waals surface area contributed by atoms with Gasteiger partial charge in [0.05, 0.1) is 10.8 Å². The molecule has 0 saturated carbocycles. The van der Waals surface area contributed by atoms with Crippen LogP contribution < -0.4 is 0 Å². The maximum absolute atomic E-state index is 8.87. The highest BCUT2D eigenvalue weighted by molar-refractivity contribution is 8.11. The molecule has 1 nitrogen and oxygen atoms in total. The zero-order valence-electron chi connectivity index (χ0n) is 5.82. The van der Waals surface area contributed by atoms with Crippen LogP contribution in [0.1, 0.15) is 11.1 Å². The van der Waals surface area contributed by atoms with Crippen LogP contribution in [-0.4, -0.2) is 9.30 Å². The monoisotopic (exact) mass is 184 g/mol. The van der Waals surface area contributed by atoms with Gasteiger partial charge in [-0.2, -0.15) is 0 Å². The molecular weight excluding hydrogens is 176 g/mol. The summed E-state index contributed by atoms with van der Waals surface area (Å²) in [4.78, 5) is 0. The first kappa shape index (κ1) is 8.71. The fraction of sp³-hybridized carbons (Fsp3) is 0.125. The van der Waals surface area contributed by atoms with Crippen molar-refractivity contribution in [3.8, 4) is 0 Å². The van der Waals surface area contributed by atoms with E-state index in [0.717, 1.165) is 11.1 Å². The fourth-order valence-corrected chi connectivity index (χ4v) is 1.28. The van der Waals surface area contributed by atoms with E-state index in [4.69, 9.17) is 17.3 Å². The van der Waals surface area contributed by atoms with Gasteiger partial charge in [0.2, 0.25) is 0 Å². The van der Waals surface area contributed by atoms with Crippen molar-refractivity contribution in [2.24, 2.45) is 0 Å². The SMILES string of the molecule is OCc1ccccc1C(=S)S. The van der Waals surface area contributed by atoms with E-state index in [2.05, 4.69) is 12.6 Å². The maximum atomic E-state index is 8.87. The minimum absolute atomic E-state index is 0.0108. The molecule has 0 amide bonds. The van der Waals surface area contributed by atoms with Gasteiger partial charge >= 0.3 is 0 Å². The molecule has 58 valence electrons. The first-order chi connectivity index (χ1) is 5.25. The van der Waals surface area contributed by atoms with Crippen LogP contribution in [0.2, 0.25) is 0 Å². The molecule has 0 aliphatic carbocycles. The van der Waals surface area contributed by atoms with Crippen LogP contribution >= 0.6 is 24.8 Å². The van der Waals surface area contributed by atoms with Crippen molar-refractivity contribution in [2.45, 2.75) is 6.61 Å². The first-order valence-corrected chi connectivity index (χ1v) is 4.03. The van der Waals surface area contributed by atoms with Gasteiger partial charge in [-0.25, -0.2) is 0 Å². The summed E-state index contributed by atoms with van der Waals surface area (Å²) in [7, 11) is 0. The van der Waals surface area contributed by atoms with Crippen molar-refractivity contribution in [1.82, 2.24) is 0 Å². The van der Waals surface area contributed by atoms with Crippen molar-refractivity contribution in [3.05, 3.63) is 35.4 Å². The normalized spacial score (nSPS) is 9.64. The number of hydrogen-bond acceptors (Lipinski definition) is 2. The molecule has 0 atom stereocenters. The van der Waals surface area contributed by atoms with E-state index in [9.17, 15) is 0 Å². The molecule has 0 aromatic heterocycles. The number of rotatable bonds is 2. The molecule has 1 aromatic rings. The van der Waals surface area contributed by atoms with E-state index in [-0.39, 0.29) is 6.61 Å². The lowest BCUT2D eigenvalue weighted by Gasteiger charge is -2.02. The van der Waals surface area contributed by atoms with Gasteiger partial charge in [-0.1, -0.05) is 36.5 Å². The second-order valence-corrected chi connectivity index (χ2v) is 3.28. The van der Waals surface area contributed by atoms with Gasteiger partial charge in [0.1, 0.15) is 0 Å². The smallest absolute Gasteiger partial charge is 0.0751 e. The average Bonchev–Trinajstić information content (AvgIpc) is 2.04. The van der Waals surface area contributed by atoms with Crippen LogP contribution in [0, 0.1) is 0 Å². The van der Waals surface area contributed by atoms with Crippen molar-refractivity contribution < 1.29 is 5.11 Å². The van der Waals surface area contributed by atoms with Crippen molar-refractivity contribution in [3.63, 3.8) is 0 Å². The molecule has 0 spiro atoms. The Bertz CT molecular complexity index is 271. The Hall–Kier alpha value is -0.380. The van der Waals surface area contributed by atoms with E-state index in [1.54, 1.807) is 0 Å². The molecule has 0 fully saturated rings. The highest BCUT2D eigenvalue weighted by Crippen LogP contribution is 2.11. The minimum atomic E-state index is 0.0108. The van der Waals surface area contributed by atoms with E-state index < -0.39 is 0 Å². The molecule has 1 aromatic carbocycles. The van der Waals surface area contributed by atoms with Crippen molar-refractivity contribution in [1.29, 1.82) is 0 Å². The summed E-state index contributed by atoms with van der Waals surface area (Å²) in [6, 6.07) is 7.41. The maximum Gasteiger partial charge on any atom is 0.0751 e. The Kier molecular flexibility index (Phi) is 3.05. The molecule has 11 heavy (non-hydrogen) atoms. The highest BCUT2D eigenvalue weighted by Gasteiger charge is 2.00. The van der Waals surface area contributed by atoms with Crippen LogP contribution in [0.15, 0.2) is 24.3 Å². The lowest BCUT2D eigenvalue weighted by molar-refractivity contribution is 0.281. The average molecular weight is 184 g/mol. The van der Waals surface area contributed by atoms with Gasteiger partial charge in [-0.05, 0) is 5.56 Å². The molecule has 0 radical (unpaired) electrons. The summed E-state index contributed by atoms with van der Waals surface area (Å²) < 4.78 is 0.523. The number of hydrogen-bond donors (Lipinski definition) is 2. The van der Waals surface area contributed by atoms with Crippen LogP contribution in [0.3, 0.4) is 0 Å². The van der Waals surface area contributed by atoms with Crippen LogP contribution in [0.4, 0.5) is 0 Å². The third-order valence-electron chi connectivity index (χ3n) is 1.42. The quantitative estimate of drug-likeness (QED) is 0.540. The summed E-state index contributed by atoms with van der Waals surface area (Å²) in [5.41, 5.74) is 1.67. The molecule has 0 bridgehead atoms. The standard InChI is InChI=1S/C8H8OS2/c9-5-6-3-1-2-4-7(6)8(10)11/h1-4,9H,5H2,(H,10,11). The van der Waals surface area contributed by atoms with Gasteiger partial charge in [0.15, 0.2) is 0 Å². The van der Waals surface area contributed by atoms with E-state index in [1.807, 2.05) is 24.3 Å². The number of aliphatic hydroxyl groups is 1. The highest BCUT2D eigenvalue weighted by atomic mass is 32.1. The number of thiocarbonyl (C=S) groups is 1.